The molecule has 0 saturated carbocycles. The summed E-state index contributed by atoms with van der Waals surface area (Å²) in [6, 6.07) is 6.46. The van der Waals surface area contributed by atoms with Crippen LogP contribution in [0.5, 0.6) is 0 Å². The Morgan fingerprint density at radius 3 is 2.79 bits per heavy atom. The Morgan fingerprint density at radius 2 is 2.16 bits per heavy atom. The summed E-state index contributed by atoms with van der Waals surface area (Å²) in [6.07, 6.45) is 0. The molecule has 4 nitrogen and oxygen atoms in total. The van der Waals surface area contributed by atoms with Gasteiger partial charge in [-0.1, -0.05) is 17.7 Å². The van der Waals surface area contributed by atoms with E-state index in [1.165, 1.54) is 17.4 Å². The molecule has 2 N–H and O–H groups in total. The third-order valence-electron chi connectivity index (χ3n) is 2.48. The molecule has 2 rings (SSSR count). The Morgan fingerprint density at radius 1 is 1.42 bits per heavy atom. The second kappa shape index (κ2) is 5.50. The number of benzene rings is 1. The zero-order chi connectivity index (χ0) is 14.0. The summed E-state index contributed by atoms with van der Waals surface area (Å²) < 4.78 is 27.1. The van der Waals surface area contributed by atoms with E-state index < -0.39 is 10.0 Å². The lowest BCUT2D eigenvalue weighted by Gasteiger charge is -2.09. The molecule has 0 atom stereocenters. The number of nitrogens with one attached hydrogen (secondary N) is 1. The molecule has 0 saturated heterocycles. The van der Waals surface area contributed by atoms with Crippen LogP contribution >= 0.6 is 22.9 Å². The minimum atomic E-state index is -3.72. The van der Waals surface area contributed by atoms with E-state index in [-0.39, 0.29) is 11.5 Å². The van der Waals surface area contributed by atoms with Crippen LogP contribution in [0.2, 0.25) is 5.02 Å². The molecule has 0 fully saturated rings. The zero-order valence-electron chi connectivity index (χ0n) is 10.1. The number of hydrogen-bond acceptors (Lipinski definition) is 4. The van der Waals surface area contributed by atoms with Crippen molar-refractivity contribution < 1.29 is 13.5 Å². The molecule has 0 aliphatic rings. The molecule has 1 aromatic carbocycles. The van der Waals surface area contributed by atoms with Crippen molar-refractivity contribution in [2.75, 3.05) is 4.72 Å². The average Bonchev–Trinajstić information content (AvgIpc) is 2.70. The van der Waals surface area contributed by atoms with E-state index in [2.05, 4.69) is 4.72 Å². The van der Waals surface area contributed by atoms with E-state index in [4.69, 9.17) is 11.6 Å². The van der Waals surface area contributed by atoms with Crippen molar-refractivity contribution in [3.63, 3.8) is 0 Å². The number of aliphatic hydroxyl groups is 1. The van der Waals surface area contributed by atoms with Gasteiger partial charge >= 0.3 is 0 Å². The SMILES string of the molecule is Cc1csc(CO)c1S(=O)(=O)Nc1cccc(Cl)c1. The van der Waals surface area contributed by atoms with Crippen molar-refractivity contribution in [2.45, 2.75) is 18.4 Å². The van der Waals surface area contributed by atoms with Gasteiger partial charge in [-0.05, 0) is 36.1 Å². The molecule has 2 aromatic rings. The van der Waals surface area contributed by atoms with Crippen LogP contribution in [0.3, 0.4) is 0 Å². The van der Waals surface area contributed by atoms with Gasteiger partial charge in [-0.15, -0.1) is 11.3 Å². The maximum absolute atomic E-state index is 12.3. The number of anilines is 1. The molecule has 0 bridgehead atoms. The molecule has 7 heteroatoms. The van der Waals surface area contributed by atoms with Crippen molar-refractivity contribution in [1.82, 2.24) is 0 Å². The Bertz CT molecular complexity index is 695. The third kappa shape index (κ3) is 3.09. The van der Waals surface area contributed by atoms with Gasteiger partial charge in [0.25, 0.3) is 10.0 Å². The number of aliphatic hydroxyl groups excluding tert-OH is 1. The summed E-state index contributed by atoms with van der Waals surface area (Å²) in [7, 11) is -3.72. The van der Waals surface area contributed by atoms with Gasteiger partial charge in [0.1, 0.15) is 4.90 Å². The van der Waals surface area contributed by atoms with Gasteiger partial charge in [0.2, 0.25) is 0 Å². The number of rotatable bonds is 4. The van der Waals surface area contributed by atoms with E-state index in [0.717, 1.165) is 0 Å². The molecular formula is C12H12ClNO3S2. The highest BCUT2D eigenvalue weighted by Crippen LogP contribution is 2.29. The van der Waals surface area contributed by atoms with Crippen molar-refractivity contribution in [3.8, 4) is 0 Å². The van der Waals surface area contributed by atoms with Crippen LogP contribution in [-0.2, 0) is 16.6 Å². The first-order chi connectivity index (χ1) is 8.94. The lowest BCUT2D eigenvalue weighted by molar-refractivity contribution is 0.282. The monoisotopic (exact) mass is 317 g/mol. The van der Waals surface area contributed by atoms with Gasteiger partial charge in [0, 0.05) is 5.02 Å². The normalized spacial score (nSPS) is 11.5. The molecular weight excluding hydrogens is 306 g/mol. The lowest BCUT2D eigenvalue weighted by Crippen LogP contribution is -2.14. The number of halogens is 1. The number of sulfonamides is 1. The van der Waals surface area contributed by atoms with Gasteiger partial charge in [-0.3, -0.25) is 4.72 Å². The molecule has 1 heterocycles. The van der Waals surface area contributed by atoms with Crippen LogP contribution in [0.15, 0.2) is 34.5 Å². The highest BCUT2D eigenvalue weighted by atomic mass is 35.5. The minimum Gasteiger partial charge on any atom is -0.391 e. The molecule has 0 amide bonds. The average molecular weight is 318 g/mol. The maximum Gasteiger partial charge on any atom is 0.263 e. The molecule has 0 aliphatic heterocycles. The fourth-order valence-electron chi connectivity index (χ4n) is 1.72. The first-order valence-electron chi connectivity index (χ1n) is 5.40. The number of thiophene rings is 1. The summed E-state index contributed by atoms with van der Waals surface area (Å²) in [5.41, 5.74) is 1.01. The molecule has 0 spiro atoms. The summed E-state index contributed by atoms with van der Waals surface area (Å²) in [6.45, 7) is 1.40. The van der Waals surface area contributed by atoms with Crippen LogP contribution in [-0.4, -0.2) is 13.5 Å². The predicted molar refractivity (Wildman–Crippen MR) is 77.2 cm³/mol. The second-order valence-electron chi connectivity index (χ2n) is 3.94. The molecule has 0 aliphatic carbocycles. The molecule has 0 radical (unpaired) electrons. The first-order valence-corrected chi connectivity index (χ1v) is 8.14. The van der Waals surface area contributed by atoms with E-state index in [0.29, 0.717) is 21.2 Å². The van der Waals surface area contributed by atoms with Gasteiger partial charge < -0.3 is 5.11 Å². The fourth-order valence-corrected chi connectivity index (χ4v) is 4.62. The van der Waals surface area contributed by atoms with Crippen molar-refractivity contribution in [2.24, 2.45) is 0 Å². The zero-order valence-corrected chi connectivity index (χ0v) is 12.4. The molecule has 19 heavy (non-hydrogen) atoms. The fraction of sp³-hybridized carbons (Fsp3) is 0.167. The second-order valence-corrected chi connectivity index (χ2v) is 6.96. The van der Waals surface area contributed by atoms with Crippen LogP contribution in [0, 0.1) is 6.92 Å². The van der Waals surface area contributed by atoms with Crippen LogP contribution in [0.1, 0.15) is 10.4 Å². The van der Waals surface area contributed by atoms with E-state index >= 15 is 0 Å². The van der Waals surface area contributed by atoms with Gasteiger partial charge in [0.05, 0.1) is 17.2 Å². The Kier molecular flexibility index (Phi) is 4.15. The quantitative estimate of drug-likeness (QED) is 0.911. The standard InChI is InChI=1S/C12H12ClNO3S2/c1-8-7-18-11(6-15)12(8)19(16,17)14-10-4-2-3-9(13)5-10/h2-5,7,14-15H,6H2,1H3. The van der Waals surface area contributed by atoms with Gasteiger partial charge in [-0.25, -0.2) is 8.42 Å². The number of hydrogen-bond donors (Lipinski definition) is 2. The Labute approximate surface area is 120 Å². The molecule has 102 valence electrons. The minimum absolute atomic E-state index is 0.139. The van der Waals surface area contributed by atoms with E-state index in [1.54, 1.807) is 30.5 Å². The van der Waals surface area contributed by atoms with Gasteiger partial charge in [-0.2, -0.15) is 0 Å². The smallest absolute Gasteiger partial charge is 0.263 e. The summed E-state index contributed by atoms with van der Waals surface area (Å²) >= 11 is 7.04. The highest BCUT2D eigenvalue weighted by molar-refractivity contribution is 7.93. The predicted octanol–water partition coefficient (Wildman–Crippen LogP) is 3.00. The summed E-state index contributed by atoms with van der Waals surface area (Å²) in [4.78, 5) is 0.562. The molecule has 1 aromatic heterocycles. The molecule has 0 unspecified atom stereocenters. The van der Waals surface area contributed by atoms with Crippen LogP contribution < -0.4 is 4.72 Å². The largest absolute Gasteiger partial charge is 0.391 e. The topological polar surface area (TPSA) is 66.4 Å². The Balaban J connectivity index is 2.40. The summed E-state index contributed by atoms with van der Waals surface area (Å²) in [5, 5.41) is 11.4. The van der Waals surface area contributed by atoms with Crippen LogP contribution in [0.4, 0.5) is 5.69 Å². The van der Waals surface area contributed by atoms with Crippen molar-refractivity contribution in [1.29, 1.82) is 0 Å². The number of aryl methyl sites for hydroxylation is 1. The highest BCUT2D eigenvalue weighted by Gasteiger charge is 2.22. The van der Waals surface area contributed by atoms with Crippen LogP contribution in [0.25, 0.3) is 0 Å². The lowest BCUT2D eigenvalue weighted by atomic mass is 10.3. The van der Waals surface area contributed by atoms with Crippen molar-refractivity contribution in [3.05, 3.63) is 45.1 Å². The summed E-state index contributed by atoms with van der Waals surface area (Å²) in [5.74, 6) is 0. The first kappa shape index (κ1) is 14.3. The van der Waals surface area contributed by atoms with E-state index in [9.17, 15) is 13.5 Å². The third-order valence-corrected chi connectivity index (χ3v) is 5.54. The van der Waals surface area contributed by atoms with Crippen molar-refractivity contribution >= 4 is 38.6 Å². The van der Waals surface area contributed by atoms with E-state index in [1.807, 2.05) is 0 Å². The Hall–Kier alpha value is -1.08. The maximum atomic E-state index is 12.3. The van der Waals surface area contributed by atoms with Gasteiger partial charge in [0.15, 0.2) is 0 Å².